The second kappa shape index (κ2) is 9.56. The lowest BCUT2D eigenvalue weighted by Gasteiger charge is -2.24. The molecule has 0 spiro atoms. The molecule has 4 amide bonds. The highest BCUT2D eigenvalue weighted by atomic mass is 16.4. The number of aliphatic carboxylic acids is 1. The number of carbonyl (C=O) groups is 4. The standard InChI is InChI=1S/C12H22N4O5/c1-3-6-16(7-10(18)14-2)12(21)15-8(11(19)20)4-5-9(13)17/h8H,3-7H2,1-2H3,(H2,13,17)(H,14,18)(H,15,21)(H,19,20)/t8-/m1/s1. The summed E-state index contributed by atoms with van der Waals surface area (Å²) in [4.78, 5) is 46.3. The van der Waals surface area contributed by atoms with Crippen LogP contribution in [0.5, 0.6) is 0 Å². The summed E-state index contributed by atoms with van der Waals surface area (Å²) < 4.78 is 0. The maximum Gasteiger partial charge on any atom is 0.326 e. The summed E-state index contributed by atoms with van der Waals surface area (Å²) in [6.07, 6.45) is 0.361. The van der Waals surface area contributed by atoms with E-state index in [9.17, 15) is 19.2 Å². The fourth-order valence-electron chi connectivity index (χ4n) is 1.56. The van der Waals surface area contributed by atoms with Gasteiger partial charge in [-0.05, 0) is 12.8 Å². The summed E-state index contributed by atoms with van der Waals surface area (Å²) in [5.74, 6) is -2.27. The van der Waals surface area contributed by atoms with Crippen molar-refractivity contribution in [3.8, 4) is 0 Å². The number of rotatable bonds is 9. The normalized spacial score (nSPS) is 11.3. The second-order valence-electron chi connectivity index (χ2n) is 4.44. The molecule has 0 aromatic rings. The molecule has 0 unspecified atom stereocenters. The minimum absolute atomic E-state index is 0.101. The molecule has 5 N–H and O–H groups in total. The van der Waals surface area contributed by atoms with Crippen LogP contribution in [0.25, 0.3) is 0 Å². The van der Waals surface area contributed by atoms with Crippen molar-refractivity contribution in [3.05, 3.63) is 0 Å². The molecule has 9 heteroatoms. The van der Waals surface area contributed by atoms with Crippen LogP contribution >= 0.6 is 0 Å². The zero-order valence-corrected chi connectivity index (χ0v) is 12.2. The van der Waals surface area contributed by atoms with Crippen LogP contribution in [0.1, 0.15) is 26.2 Å². The van der Waals surface area contributed by atoms with Crippen molar-refractivity contribution in [2.24, 2.45) is 5.73 Å². The Labute approximate surface area is 122 Å². The molecule has 0 heterocycles. The summed E-state index contributed by atoms with van der Waals surface area (Å²) in [6.45, 7) is 1.96. The van der Waals surface area contributed by atoms with Crippen LogP contribution in [-0.4, -0.2) is 60.0 Å². The molecular weight excluding hydrogens is 280 g/mol. The molecule has 0 fully saturated rings. The first-order chi connectivity index (χ1) is 9.81. The first-order valence-corrected chi connectivity index (χ1v) is 6.58. The van der Waals surface area contributed by atoms with Gasteiger partial charge in [0.25, 0.3) is 0 Å². The van der Waals surface area contributed by atoms with E-state index in [2.05, 4.69) is 10.6 Å². The number of carboxylic acids is 1. The van der Waals surface area contributed by atoms with E-state index in [0.29, 0.717) is 13.0 Å². The number of hydrogen-bond donors (Lipinski definition) is 4. The van der Waals surface area contributed by atoms with Gasteiger partial charge in [-0.25, -0.2) is 9.59 Å². The third kappa shape index (κ3) is 7.75. The zero-order valence-electron chi connectivity index (χ0n) is 12.2. The summed E-state index contributed by atoms with van der Waals surface area (Å²) >= 11 is 0. The molecule has 9 nitrogen and oxygen atoms in total. The number of carboxylic acid groups (broad SMARTS) is 1. The lowest BCUT2D eigenvalue weighted by Crippen LogP contribution is -2.50. The van der Waals surface area contributed by atoms with Gasteiger partial charge in [-0.3, -0.25) is 9.59 Å². The van der Waals surface area contributed by atoms with Crippen LogP contribution < -0.4 is 16.4 Å². The largest absolute Gasteiger partial charge is 0.480 e. The highest BCUT2D eigenvalue weighted by Gasteiger charge is 2.24. The summed E-state index contributed by atoms with van der Waals surface area (Å²) in [5, 5.41) is 13.7. The molecule has 0 bridgehead atoms. The van der Waals surface area contributed by atoms with E-state index < -0.39 is 23.9 Å². The monoisotopic (exact) mass is 302 g/mol. The Kier molecular flexibility index (Phi) is 8.51. The SMILES string of the molecule is CCCN(CC(=O)NC)C(=O)N[C@H](CCC(N)=O)C(=O)O. The molecule has 120 valence electrons. The first kappa shape index (κ1) is 18.7. The predicted octanol–water partition coefficient (Wildman–Crippen LogP) is -1.13. The number of hydrogen-bond acceptors (Lipinski definition) is 4. The van der Waals surface area contributed by atoms with E-state index in [4.69, 9.17) is 10.8 Å². The van der Waals surface area contributed by atoms with E-state index in [-0.39, 0.29) is 25.3 Å². The maximum atomic E-state index is 12.0. The number of nitrogens with one attached hydrogen (secondary N) is 2. The van der Waals surface area contributed by atoms with Crippen LogP contribution in [0, 0.1) is 0 Å². The van der Waals surface area contributed by atoms with Gasteiger partial charge in [-0.2, -0.15) is 0 Å². The van der Waals surface area contributed by atoms with Crippen molar-refractivity contribution in [3.63, 3.8) is 0 Å². The summed E-state index contributed by atoms with van der Waals surface area (Å²) in [6, 6.07) is -1.90. The van der Waals surface area contributed by atoms with Gasteiger partial charge in [0.1, 0.15) is 12.6 Å². The zero-order chi connectivity index (χ0) is 16.4. The highest BCUT2D eigenvalue weighted by molar-refractivity contribution is 5.87. The van der Waals surface area contributed by atoms with Crippen molar-refractivity contribution in [1.29, 1.82) is 0 Å². The Balaban J connectivity index is 4.69. The minimum Gasteiger partial charge on any atom is -0.480 e. The van der Waals surface area contributed by atoms with Crippen molar-refractivity contribution < 1.29 is 24.3 Å². The van der Waals surface area contributed by atoms with E-state index in [0.717, 1.165) is 0 Å². The number of amides is 4. The van der Waals surface area contributed by atoms with Gasteiger partial charge >= 0.3 is 12.0 Å². The number of urea groups is 1. The minimum atomic E-state index is -1.26. The molecule has 21 heavy (non-hydrogen) atoms. The fraction of sp³-hybridized carbons (Fsp3) is 0.667. The lowest BCUT2D eigenvalue weighted by molar-refractivity contribution is -0.139. The van der Waals surface area contributed by atoms with Gasteiger partial charge in [-0.15, -0.1) is 0 Å². The molecule has 0 rings (SSSR count). The van der Waals surface area contributed by atoms with Crippen LogP contribution in [0.4, 0.5) is 4.79 Å². The van der Waals surface area contributed by atoms with Crippen molar-refractivity contribution >= 4 is 23.8 Å². The van der Waals surface area contributed by atoms with Crippen LogP contribution in [0.2, 0.25) is 0 Å². The Morgan fingerprint density at radius 2 is 1.90 bits per heavy atom. The molecule has 0 aliphatic rings. The molecule has 0 aliphatic heterocycles. The van der Waals surface area contributed by atoms with E-state index in [1.165, 1.54) is 11.9 Å². The number of primary amides is 1. The van der Waals surface area contributed by atoms with E-state index >= 15 is 0 Å². The molecule has 0 aliphatic carbocycles. The predicted molar refractivity (Wildman–Crippen MR) is 74.3 cm³/mol. The number of nitrogens with two attached hydrogens (primary N) is 1. The maximum absolute atomic E-state index is 12.0. The molecule has 1 atom stereocenters. The van der Waals surface area contributed by atoms with Crippen LogP contribution in [0.15, 0.2) is 0 Å². The Hall–Kier alpha value is -2.32. The lowest BCUT2D eigenvalue weighted by atomic mass is 10.1. The van der Waals surface area contributed by atoms with Gasteiger partial charge in [-0.1, -0.05) is 6.92 Å². The van der Waals surface area contributed by atoms with Crippen molar-refractivity contribution in [1.82, 2.24) is 15.5 Å². The van der Waals surface area contributed by atoms with Gasteiger partial charge in [0, 0.05) is 20.0 Å². The number of likely N-dealkylation sites (N-methyl/N-ethyl adjacent to an activating group) is 1. The molecule has 0 saturated carbocycles. The number of nitrogens with zero attached hydrogens (tertiary/aromatic N) is 1. The van der Waals surface area contributed by atoms with Gasteiger partial charge < -0.3 is 26.4 Å². The Morgan fingerprint density at radius 3 is 2.33 bits per heavy atom. The first-order valence-electron chi connectivity index (χ1n) is 6.58. The third-order valence-corrected chi connectivity index (χ3v) is 2.67. The molecule has 0 aromatic heterocycles. The molecule has 0 aromatic carbocycles. The Morgan fingerprint density at radius 1 is 1.29 bits per heavy atom. The van der Waals surface area contributed by atoms with Gasteiger partial charge in [0.15, 0.2) is 0 Å². The number of carbonyl (C=O) groups excluding carboxylic acids is 3. The summed E-state index contributed by atoms with van der Waals surface area (Å²) in [7, 11) is 1.44. The van der Waals surface area contributed by atoms with Crippen molar-refractivity contribution in [2.75, 3.05) is 20.1 Å². The quantitative estimate of drug-likeness (QED) is 0.426. The molecule has 0 radical (unpaired) electrons. The third-order valence-electron chi connectivity index (χ3n) is 2.67. The van der Waals surface area contributed by atoms with E-state index in [1.807, 2.05) is 6.92 Å². The highest BCUT2D eigenvalue weighted by Crippen LogP contribution is 2.00. The smallest absolute Gasteiger partial charge is 0.326 e. The van der Waals surface area contributed by atoms with Gasteiger partial charge in [0.05, 0.1) is 0 Å². The van der Waals surface area contributed by atoms with E-state index in [1.54, 1.807) is 0 Å². The van der Waals surface area contributed by atoms with Crippen LogP contribution in [0.3, 0.4) is 0 Å². The summed E-state index contributed by atoms with van der Waals surface area (Å²) in [5.41, 5.74) is 4.96. The Bertz CT molecular complexity index is 399. The molecule has 0 saturated heterocycles. The van der Waals surface area contributed by atoms with Crippen LogP contribution in [-0.2, 0) is 14.4 Å². The second-order valence-corrected chi connectivity index (χ2v) is 4.44. The average Bonchev–Trinajstić information content (AvgIpc) is 2.41. The van der Waals surface area contributed by atoms with Crippen molar-refractivity contribution in [2.45, 2.75) is 32.2 Å². The average molecular weight is 302 g/mol. The topological polar surface area (TPSA) is 142 Å². The van der Waals surface area contributed by atoms with Gasteiger partial charge in [0.2, 0.25) is 11.8 Å². The fourth-order valence-corrected chi connectivity index (χ4v) is 1.56. The molecular formula is C12H22N4O5.